The molecule has 2 aliphatic rings. The van der Waals surface area contributed by atoms with Crippen LogP contribution in [0.1, 0.15) is 53.4 Å². The predicted octanol–water partition coefficient (Wildman–Crippen LogP) is 3.10. The molecule has 0 aromatic carbocycles. The van der Waals surface area contributed by atoms with Gasteiger partial charge >= 0.3 is 18.0 Å². The van der Waals surface area contributed by atoms with E-state index in [1.54, 1.807) is 13.8 Å². The van der Waals surface area contributed by atoms with Gasteiger partial charge in [-0.15, -0.1) is 0 Å². The second-order valence-electron chi connectivity index (χ2n) is 7.79. The Morgan fingerprint density at radius 1 is 1.35 bits per heavy atom. The molecule has 0 radical (unpaired) electrons. The van der Waals surface area contributed by atoms with Crippen molar-refractivity contribution >= 4 is 18.0 Å². The summed E-state index contributed by atoms with van der Waals surface area (Å²) >= 11 is 0. The van der Waals surface area contributed by atoms with Crippen LogP contribution in [0.3, 0.4) is 0 Å². The smallest absolute Gasteiger partial charge is 0.410 e. The van der Waals surface area contributed by atoms with Crippen LogP contribution in [-0.2, 0) is 19.1 Å². The number of hydrogen-bond donors (Lipinski definition) is 2. The van der Waals surface area contributed by atoms with Crippen LogP contribution < -0.4 is 5.32 Å². The Kier molecular flexibility index (Phi) is 6.31. The number of ether oxygens (including phenoxy) is 2. The van der Waals surface area contributed by atoms with E-state index >= 15 is 0 Å². The molecular weight excluding hydrogens is 338 g/mol. The van der Waals surface area contributed by atoms with Crippen LogP contribution in [0.2, 0.25) is 0 Å². The molecular formula is C19H29NO6. The van der Waals surface area contributed by atoms with Crippen molar-refractivity contribution in [1.82, 2.24) is 5.32 Å². The molecule has 0 aliphatic heterocycles. The fourth-order valence-corrected chi connectivity index (χ4v) is 4.16. The topological polar surface area (TPSA) is 102 Å². The van der Waals surface area contributed by atoms with E-state index in [-0.39, 0.29) is 24.8 Å². The van der Waals surface area contributed by atoms with Crippen molar-refractivity contribution in [1.29, 1.82) is 0 Å². The molecule has 0 aromatic heterocycles. The molecule has 1 fully saturated rings. The highest BCUT2D eigenvalue weighted by molar-refractivity contribution is 5.70. The van der Waals surface area contributed by atoms with Gasteiger partial charge in [-0.3, -0.25) is 9.59 Å². The zero-order chi connectivity index (χ0) is 19.5. The first kappa shape index (κ1) is 20.3. The number of nitrogens with one attached hydrogen (secondary N) is 1. The van der Waals surface area contributed by atoms with Crippen molar-refractivity contribution in [2.24, 2.45) is 23.2 Å². The standard InChI is InChI=1S/C19H29NO6/c1-5-13-6-14-8-19(9-16(22)23,15(14)7-13)10-20-18(24)26-17(11(2)3)25-12(4)21/h7,11,14-15,17H,5-6,8-10H2,1-4H3,(H,20,24)(H,22,23)/t14-,15+,17+,19+/m1/s1. The third-order valence-electron chi connectivity index (χ3n) is 5.42. The van der Waals surface area contributed by atoms with Crippen molar-refractivity contribution in [3.8, 4) is 0 Å². The minimum absolute atomic E-state index is 0.0134. The van der Waals surface area contributed by atoms with Gasteiger partial charge in [-0.25, -0.2) is 4.79 Å². The van der Waals surface area contributed by atoms with Crippen molar-refractivity contribution < 1.29 is 29.0 Å². The number of esters is 1. The number of carboxylic acid groups (broad SMARTS) is 1. The molecule has 0 spiro atoms. The largest absolute Gasteiger partial charge is 0.481 e. The lowest BCUT2D eigenvalue weighted by atomic mass is 9.53. The lowest BCUT2D eigenvalue weighted by Crippen LogP contribution is -2.53. The summed E-state index contributed by atoms with van der Waals surface area (Å²) in [7, 11) is 0. The monoisotopic (exact) mass is 367 g/mol. The fourth-order valence-electron chi connectivity index (χ4n) is 4.16. The van der Waals surface area contributed by atoms with Crippen LogP contribution in [0.5, 0.6) is 0 Å². The minimum atomic E-state index is -0.963. The van der Waals surface area contributed by atoms with Gasteiger partial charge in [0.15, 0.2) is 0 Å². The first-order valence-corrected chi connectivity index (χ1v) is 9.20. The molecule has 1 amide bonds. The van der Waals surface area contributed by atoms with Crippen molar-refractivity contribution in [3.63, 3.8) is 0 Å². The summed E-state index contributed by atoms with van der Waals surface area (Å²) in [5.74, 6) is -0.911. The van der Waals surface area contributed by atoms with Crippen LogP contribution in [0.15, 0.2) is 11.6 Å². The fraction of sp³-hybridized carbons (Fsp3) is 0.737. The first-order valence-electron chi connectivity index (χ1n) is 9.20. The van der Waals surface area contributed by atoms with E-state index in [0.717, 1.165) is 19.3 Å². The number of alkyl carbamates (subject to hydrolysis) is 1. The van der Waals surface area contributed by atoms with Crippen LogP contribution in [0.25, 0.3) is 0 Å². The number of carbonyl (C=O) groups is 3. The van der Waals surface area contributed by atoms with E-state index in [0.29, 0.717) is 5.92 Å². The lowest BCUT2D eigenvalue weighted by Gasteiger charge is -2.51. The summed E-state index contributed by atoms with van der Waals surface area (Å²) in [6, 6.07) is 0. The maximum absolute atomic E-state index is 12.1. The summed E-state index contributed by atoms with van der Waals surface area (Å²) in [6.45, 7) is 7.15. The molecule has 7 nitrogen and oxygen atoms in total. The van der Waals surface area contributed by atoms with E-state index in [1.165, 1.54) is 12.5 Å². The highest BCUT2D eigenvalue weighted by atomic mass is 16.7. The van der Waals surface area contributed by atoms with Crippen molar-refractivity contribution in [3.05, 3.63) is 11.6 Å². The van der Waals surface area contributed by atoms with Gasteiger partial charge in [0.2, 0.25) is 0 Å². The molecule has 7 heteroatoms. The number of amides is 1. The van der Waals surface area contributed by atoms with Crippen LogP contribution in [-0.4, -0.2) is 36.0 Å². The van der Waals surface area contributed by atoms with Gasteiger partial charge in [-0.1, -0.05) is 32.4 Å². The molecule has 4 atom stereocenters. The molecule has 1 saturated carbocycles. The Labute approximate surface area is 154 Å². The summed E-state index contributed by atoms with van der Waals surface area (Å²) < 4.78 is 10.2. The van der Waals surface area contributed by atoms with Gasteiger partial charge < -0.3 is 19.9 Å². The molecule has 0 aromatic rings. The van der Waals surface area contributed by atoms with Gasteiger partial charge in [-0.2, -0.15) is 0 Å². The van der Waals surface area contributed by atoms with Gasteiger partial charge in [0, 0.05) is 24.8 Å². The van der Waals surface area contributed by atoms with Gasteiger partial charge in [-0.05, 0) is 31.1 Å². The Balaban J connectivity index is 1.97. The normalized spacial score (nSPS) is 27.8. The number of hydrogen-bond acceptors (Lipinski definition) is 5. The Bertz CT molecular complexity index is 599. The summed E-state index contributed by atoms with van der Waals surface area (Å²) in [6.07, 6.45) is 3.33. The van der Waals surface area contributed by atoms with E-state index in [9.17, 15) is 19.5 Å². The number of rotatable bonds is 8. The number of aliphatic carboxylic acids is 1. The minimum Gasteiger partial charge on any atom is -0.481 e. The molecule has 146 valence electrons. The molecule has 2 rings (SSSR count). The number of allylic oxidation sites excluding steroid dienone is 2. The van der Waals surface area contributed by atoms with Crippen LogP contribution >= 0.6 is 0 Å². The Hall–Kier alpha value is -2.05. The maximum atomic E-state index is 12.1. The zero-order valence-corrected chi connectivity index (χ0v) is 15.9. The predicted molar refractivity (Wildman–Crippen MR) is 94.1 cm³/mol. The Morgan fingerprint density at radius 2 is 2.04 bits per heavy atom. The van der Waals surface area contributed by atoms with Crippen molar-refractivity contribution in [2.75, 3.05) is 6.54 Å². The summed E-state index contributed by atoms with van der Waals surface area (Å²) in [5, 5.41) is 12.0. The highest BCUT2D eigenvalue weighted by Crippen LogP contribution is 2.59. The average Bonchev–Trinajstić information content (AvgIpc) is 2.88. The number of fused-ring (bicyclic) bond motifs is 1. The van der Waals surface area contributed by atoms with Crippen molar-refractivity contribution in [2.45, 2.75) is 59.7 Å². The molecule has 26 heavy (non-hydrogen) atoms. The number of carbonyl (C=O) groups excluding carboxylic acids is 2. The third-order valence-corrected chi connectivity index (χ3v) is 5.42. The van der Waals surface area contributed by atoms with E-state index < -0.39 is 29.7 Å². The second-order valence-corrected chi connectivity index (χ2v) is 7.79. The average molecular weight is 367 g/mol. The summed E-state index contributed by atoms with van der Waals surface area (Å²) in [4.78, 5) is 34.6. The van der Waals surface area contributed by atoms with E-state index in [1.807, 2.05) is 0 Å². The molecule has 2 aliphatic carbocycles. The zero-order valence-electron chi connectivity index (χ0n) is 15.9. The quantitative estimate of drug-likeness (QED) is 0.388. The molecule has 0 unspecified atom stereocenters. The molecule has 0 heterocycles. The first-order chi connectivity index (χ1) is 12.2. The molecule has 2 N–H and O–H groups in total. The maximum Gasteiger partial charge on any atom is 0.410 e. The van der Waals surface area contributed by atoms with Gasteiger partial charge in [0.05, 0.1) is 6.42 Å². The number of carboxylic acids is 1. The second kappa shape index (κ2) is 8.10. The Morgan fingerprint density at radius 3 is 2.58 bits per heavy atom. The summed E-state index contributed by atoms with van der Waals surface area (Å²) in [5.41, 5.74) is 0.894. The van der Waals surface area contributed by atoms with Crippen LogP contribution in [0.4, 0.5) is 4.79 Å². The van der Waals surface area contributed by atoms with Crippen LogP contribution in [0, 0.1) is 23.2 Å². The third kappa shape index (κ3) is 4.56. The van der Waals surface area contributed by atoms with E-state index in [4.69, 9.17) is 9.47 Å². The molecule has 0 bridgehead atoms. The molecule has 0 saturated heterocycles. The van der Waals surface area contributed by atoms with E-state index in [2.05, 4.69) is 18.3 Å². The van der Waals surface area contributed by atoms with Gasteiger partial charge in [0.25, 0.3) is 6.29 Å². The lowest BCUT2D eigenvalue weighted by molar-refractivity contribution is -0.172. The SMILES string of the molecule is CCC1=C[C@H]2[C@H](C1)C[C@@]2(CNC(=O)O[C@H](OC(C)=O)C(C)C)CC(=O)O. The highest BCUT2D eigenvalue weighted by Gasteiger charge is 2.55. The van der Waals surface area contributed by atoms with Gasteiger partial charge in [0.1, 0.15) is 0 Å².